The molecular weight excluding hydrogens is 292 g/mol. The van der Waals surface area contributed by atoms with Crippen molar-refractivity contribution in [2.75, 3.05) is 50.6 Å². The van der Waals surface area contributed by atoms with Crippen LogP contribution in [0.15, 0.2) is 29.3 Å². The molecular formula is C17H26N4S. The van der Waals surface area contributed by atoms with E-state index in [0.717, 1.165) is 25.5 Å². The monoisotopic (exact) mass is 318 g/mol. The fourth-order valence-corrected chi connectivity index (χ4v) is 4.90. The third-order valence-corrected chi connectivity index (χ3v) is 6.20. The summed E-state index contributed by atoms with van der Waals surface area (Å²) < 4.78 is 0. The highest BCUT2D eigenvalue weighted by Gasteiger charge is 2.37. The lowest BCUT2D eigenvalue weighted by molar-refractivity contribution is 0.183. The first-order chi connectivity index (χ1) is 10.7. The molecule has 120 valence electrons. The Hall–Kier alpha value is -1.20. The smallest absolute Gasteiger partial charge is 0.198 e. The predicted molar refractivity (Wildman–Crippen MR) is 97.2 cm³/mol. The van der Waals surface area contributed by atoms with Crippen molar-refractivity contribution in [3.8, 4) is 0 Å². The molecule has 22 heavy (non-hydrogen) atoms. The summed E-state index contributed by atoms with van der Waals surface area (Å²) in [5.41, 5.74) is 2.97. The molecule has 1 saturated heterocycles. The van der Waals surface area contributed by atoms with Crippen LogP contribution < -0.4 is 10.2 Å². The number of hydrogen-bond acceptors (Lipinski definition) is 3. The molecule has 1 aromatic rings. The maximum Gasteiger partial charge on any atom is 0.198 e. The summed E-state index contributed by atoms with van der Waals surface area (Å²) in [7, 11) is 6.28. The highest BCUT2D eigenvalue weighted by Crippen LogP contribution is 2.32. The molecule has 0 amide bonds. The summed E-state index contributed by atoms with van der Waals surface area (Å²) in [6, 6.07) is 8.65. The number of likely N-dealkylation sites (N-methyl/N-ethyl adjacent to an activating group) is 1. The number of anilines is 1. The molecule has 0 spiro atoms. The van der Waals surface area contributed by atoms with Crippen LogP contribution >= 0.6 is 11.8 Å². The molecule has 2 aliphatic heterocycles. The fourth-order valence-electron chi connectivity index (χ4n) is 3.34. The van der Waals surface area contributed by atoms with Crippen LogP contribution in [0.1, 0.15) is 12.0 Å². The van der Waals surface area contributed by atoms with Crippen molar-refractivity contribution < 1.29 is 0 Å². The van der Waals surface area contributed by atoms with Gasteiger partial charge in [0.1, 0.15) is 0 Å². The molecule has 5 heteroatoms. The van der Waals surface area contributed by atoms with Crippen LogP contribution in [0.3, 0.4) is 0 Å². The Balaban J connectivity index is 1.71. The minimum absolute atomic E-state index is 0.250. The minimum Gasteiger partial charge on any atom is -0.354 e. The van der Waals surface area contributed by atoms with Gasteiger partial charge in [0.15, 0.2) is 5.96 Å². The Labute approximate surface area is 138 Å². The molecule has 2 aliphatic rings. The van der Waals surface area contributed by atoms with E-state index in [1.165, 1.54) is 29.2 Å². The second-order valence-corrected chi connectivity index (χ2v) is 7.46. The SMILES string of the molecule is CN=C(NCC1(N(C)C)CCSC1)N1CCc2ccccc21. The number of hydrogen-bond donors (Lipinski definition) is 1. The quantitative estimate of drug-likeness (QED) is 0.683. The second kappa shape index (κ2) is 6.50. The van der Waals surface area contributed by atoms with E-state index in [2.05, 4.69) is 70.2 Å². The molecule has 1 fully saturated rings. The van der Waals surface area contributed by atoms with E-state index in [1.54, 1.807) is 0 Å². The Kier molecular flexibility index (Phi) is 4.64. The predicted octanol–water partition coefficient (Wildman–Crippen LogP) is 2.06. The van der Waals surface area contributed by atoms with Crippen molar-refractivity contribution in [2.24, 2.45) is 4.99 Å². The highest BCUT2D eigenvalue weighted by molar-refractivity contribution is 7.99. The lowest BCUT2D eigenvalue weighted by atomic mass is 9.97. The van der Waals surface area contributed by atoms with Gasteiger partial charge in [-0.1, -0.05) is 18.2 Å². The Bertz CT molecular complexity index is 549. The molecule has 0 radical (unpaired) electrons. The number of thioether (sulfide) groups is 1. The van der Waals surface area contributed by atoms with E-state index in [4.69, 9.17) is 0 Å². The average Bonchev–Trinajstić information content (AvgIpc) is 3.16. The van der Waals surface area contributed by atoms with Crippen LogP contribution in [0.5, 0.6) is 0 Å². The number of nitrogens with one attached hydrogen (secondary N) is 1. The molecule has 1 unspecified atom stereocenters. The molecule has 0 bridgehead atoms. The van der Waals surface area contributed by atoms with Gasteiger partial charge in [0.05, 0.1) is 0 Å². The summed E-state index contributed by atoms with van der Waals surface area (Å²) in [5, 5.41) is 3.64. The van der Waals surface area contributed by atoms with Crippen molar-refractivity contribution in [1.29, 1.82) is 0 Å². The van der Waals surface area contributed by atoms with Gasteiger partial charge in [-0.2, -0.15) is 11.8 Å². The van der Waals surface area contributed by atoms with Gasteiger partial charge < -0.3 is 15.1 Å². The standard InChI is InChI=1S/C17H26N4S/c1-18-16(19-12-17(20(2)3)9-11-22-13-17)21-10-8-14-6-4-5-7-15(14)21/h4-7H,8-13H2,1-3H3,(H,18,19). The summed E-state index contributed by atoms with van der Waals surface area (Å²) in [5.74, 6) is 3.45. The van der Waals surface area contributed by atoms with Gasteiger partial charge in [0.25, 0.3) is 0 Å². The van der Waals surface area contributed by atoms with Crippen LogP contribution in [0.2, 0.25) is 0 Å². The number of rotatable bonds is 3. The fraction of sp³-hybridized carbons (Fsp3) is 0.588. The zero-order chi connectivity index (χ0) is 15.6. The number of nitrogens with zero attached hydrogens (tertiary/aromatic N) is 3. The number of fused-ring (bicyclic) bond motifs is 1. The molecule has 0 aliphatic carbocycles. The highest BCUT2D eigenvalue weighted by atomic mass is 32.2. The normalized spacial score (nSPS) is 24.9. The first-order valence-corrected chi connectivity index (χ1v) is 9.13. The van der Waals surface area contributed by atoms with Crippen LogP contribution in [-0.2, 0) is 6.42 Å². The van der Waals surface area contributed by atoms with Gasteiger partial charge in [0, 0.05) is 37.1 Å². The molecule has 1 atom stereocenters. The van der Waals surface area contributed by atoms with Crippen molar-refractivity contribution in [2.45, 2.75) is 18.4 Å². The maximum atomic E-state index is 4.53. The third-order valence-electron chi connectivity index (χ3n) is 4.96. The maximum absolute atomic E-state index is 4.53. The van der Waals surface area contributed by atoms with Gasteiger partial charge in [-0.05, 0) is 44.3 Å². The van der Waals surface area contributed by atoms with Crippen molar-refractivity contribution >= 4 is 23.4 Å². The molecule has 3 rings (SSSR count). The van der Waals surface area contributed by atoms with Gasteiger partial charge in [-0.25, -0.2) is 0 Å². The first kappa shape index (κ1) is 15.7. The van der Waals surface area contributed by atoms with Crippen LogP contribution in [0.4, 0.5) is 5.69 Å². The van der Waals surface area contributed by atoms with Gasteiger partial charge in [0.2, 0.25) is 0 Å². The average molecular weight is 318 g/mol. The van der Waals surface area contributed by atoms with Crippen LogP contribution in [0, 0.1) is 0 Å². The molecule has 4 nitrogen and oxygen atoms in total. The van der Waals surface area contributed by atoms with Crippen molar-refractivity contribution in [1.82, 2.24) is 10.2 Å². The van der Waals surface area contributed by atoms with Crippen molar-refractivity contribution in [3.63, 3.8) is 0 Å². The van der Waals surface area contributed by atoms with E-state index in [9.17, 15) is 0 Å². The topological polar surface area (TPSA) is 30.9 Å². The Morgan fingerprint density at radius 3 is 2.91 bits per heavy atom. The van der Waals surface area contributed by atoms with Crippen molar-refractivity contribution in [3.05, 3.63) is 29.8 Å². The zero-order valence-corrected chi connectivity index (χ0v) is 14.6. The van der Waals surface area contributed by atoms with E-state index in [-0.39, 0.29) is 5.54 Å². The molecule has 2 heterocycles. The van der Waals surface area contributed by atoms with Crippen LogP contribution in [-0.4, -0.2) is 62.1 Å². The van der Waals surface area contributed by atoms with Gasteiger partial charge >= 0.3 is 0 Å². The van der Waals surface area contributed by atoms with Gasteiger partial charge in [-0.3, -0.25) is 4.99 Å². The summed E-state index contributed by atoms with van der Waals surface area (Å²) in [6.45, 7) is 1.97. The van der Waals surface area contributed by atoms with Gasteiger partial charge in [-0.15, -0.1) is 0 Å². The molecule has 1 aromatic carbocycles. The lowest BCUT2D eigenvalue weighted by Crippen LogP contribution is -2.55. The molecule has 1 N–H and O–H groups in total. The molecule has 0 saturated carbocycles. The number of aliphatic imine (C=N–C) groups is 1. The first-order valence-electron chi connectivity index (χ1n) is 7.97. The summed E-state index contributed by atoms with van der Waals surface area (Å²) in [4.78, 5) is 9.23. The second-order valence-electron chi connectivity index (χ2n) is 6.35. The number of para-hydroxylation sites is 1. The van der Waals surface area contributed by atoms with E-state index in [1.807, 2.05) is 7.05 Å². The largest absolute Gasteiger partial charge is 0.354 e. The van der Waals surface area contributed by atoms with E-state index < -0.39 is 0 Å². The third kappa shape index (κ3) is 2.84. The lowest BCUT2D eigenvalue weighted by Gasteiger charge is -2.37. The Morgan fingerprint density at radius 1 is 1.41 bits per heavy atom. The number of guanidine groups is 1. The summed E-state index contributed by atoms with van der Waals surface area (Å²) >= 11 is 2.05. The van der Waals surface area contributed by atoms with Crippen LogP contribution in [0.25, 0.3) is 0 Å². The van der Waals surface area contributed by atoms with E-state index >= 15 is 0 Å². The number of benzene rings is 1. The minimum atomic E-state index is 0.250. The van der Waals surface area contributed by atoms with E-state index in [0.29, 0.717) is 0 Å². The summed E-state index contributed by atoms with van der Waals surface area (Å²) in [6.07, 6.45) is 2.34. The zero-order valence-electron chi connectivity index (χ0n) is 13.8. The molecule has 0 aromatic heterocycles. The Morgan fingerprint density at radius 2 is 2.23 bits per heavy atom.